The van der Waals surface area contributed by atoms with E-state index >= 15 is 0 Å². The van der Waals surface area contributed by atoms with Gasteiger partial charge in [0.25, 0.3) is 0 Å². The molecule has 0 N–H and O–H groups in total. The molecule has 0 saturated heterocycles. The Morgan fingerprint density at radius 2 is 0.400 bits per heavy atom. The van der Waals surface area contributed by atoms with E-state index in [0.29, 0.717) is 0 Å². The average molecular weight is 372 g/mol. The van der Waals surface area contributed by atoms with Crippen LogP contribution in [0.4, 0.5) is 0 Å². The summed E-state index contributed by atoms with van der Waals surface area (Å²) in [4.78, 5) is 0. The van der Waals surface area contributed by atoms with Gasteiger partial charge in [-0.3, -0.25) is 0 Å². The van der Waals surface area contributed by atoms with Crippen LogP contribution >= 0.6 is 0 Å². The fourth-order valence-corrected chi connectivity index (χ4v) is 0. The summed E-state index contributed by atoms with van der Waals surface area (Å²) in [6, 6.07) is 0. The molecule has 5 heavy (non-hydrogen) atoms. The largest absolute Gasteiger partial charge is 2.00 e. The second-order valence-electron chi connectivity index (χ2n) is 0. The van der Waals surface area contributed by atoms with Crippen molar-refractivity contribution < 1.29 is 85.3 Å². The fourth-order valence-electron chi connectivity index (χ4n) is 0. The van der Waals surface area contributed by atoms with Crippen LogP contribution in [0, 0.1) is 0 Å². The molecule has 0 aliphatic rings. The minimum Gasteiger partial charge on any atom is -1.00 e. The molecule has 0 amide bonds. The Morgan fingerprint density at radius 3 is 0.400 bits per heavy atom. The minimum absolute atomic E-state index is 0. The van der Waals surface area contributed by atoms with Crippen molar-refractivity contribution in [2.24, 2.45) is 0 Å². The van der Waals surface area contributed by atoms with Gasteiger partial charge in [0.05, 0.1) is 0 Å². The van der Waals surface area contributed by atoms with Gasteiger partial charge in [-0.1, -0.05) is 0 Å². The van der Waals surface area contributed by atoms with Gasteiger partial charge in [-0.05, 0) is 0 Å². The summed E-state index contributed by atoms with van der Waals surface area (Å²) >= 11 is 0. The monoisotopic (exact) mass is 368 g/mol. The quantitative estimate of drug-likeness (QED) is 0.397. The van der Waals surface area contributed by atoms with Crippen molar-refractivity contribution in [2.45, 2.75) is 0 Å². The van der Waals surface area contributed by atoms with E-state index < -0.39 is 0 Å². The Hall–Kier alpha value is 2.45. The van der Waals surface area contributed by atoms with Gasteiger partial charge in [0.15, 0.2) is 0 Å². The van der Waals surface area contributed by atoms with Crippen LogP contribution in [0.25, 0.3) is 0 Å². The van der Waals surface area contributed by atoms with Gasteiger partial charge in [0, 0.05) is 0 Å². The SMILES string of the molecule is [Br-].[Br-].[Br-].[Br-].[Cr+2]. The molecule has 0 rings (SSSR count). The van der Waals surface area contributed by atoms with Gasteiger partial charge in [0.1, 0.15) is 0 Å². The minimum atomic E-state index is 0. The summed E-state index contributed by atoms with van der Waals surface area (Å²) in [5.41, 5.74) is 0. The molecule has 5 heteroatoms. The summed E-state index contributed by atoms with van der Waals surface area (Å²) in [5, 5.41) is 0. The number of hydrogen-bond donors (Lipinski definition) is 0. The van der Waals surface area contributed by atoms with Crippen LogP contribution in [-0.2, 0) is 17.4 Å². The van der Waals surface area contributed by atoms with E-state index in [2.05, 4.69) is 0 Å². The van der Waals surface area contributed by atoms with Crippen LogP contribution in [-0.4, -0.2) is 0 Å². The molecule has 0 spiro atoms. The molecular weight excluding hydrogens is 372 g/mol. The smallest absolute Gasteiger partial charge is 1.00 e. The zero-order valence-electron chi connectivity index (χ0n) is 1.92. The Bertz CT molecular complexity index is 3.61. The fraction of sp³-hybridized carbons (Fsp3) is 0. The summed E-state index contributed by atoms with van der Waals surface area (Å²) in [5.74, 6) is 0. The molecule has 0 heterocycles. The maximum atomic E-state index is 0. The molecule has 0 unspecified atom stereocenters. The molecular formula is Br4Cr-2. The van der Waals surface area contributed by atoms with Gasteiger partial charge >= 0.3 is 17.4 Å². The van der Waals surface area contributed by atoms with Crippen molar-refractivity contribution >= 4 is 0 Å². The van der Waals surface area contributed by atoms with Gasteiger partial charge in [0.2, 0.25) is 0 Å². The first-order valence-corrected chi connectivity index (χ1v) is 0. The van der Waals surface area contributed by atoms with Gasteiger partial charge < -0.3 is 67.9 Å². The van der Waals surface area contributed by atoms with Crippen molar-refractivity contribution in [3.63, 3.8) is 0 Å². The van der Waals surface area contributed by atoms with Gasteiger partial charge in [-0.15, -0.1) is 0 Å². The average Bonchev–Trinajstić information content (AvgIpc) is 0. The standard InChI is InChI=1S/4BrH.Cr/h4*1H;/q;;;;+2/p-4. The van der Waals surface area contributed by atoms with Crippen LogP contribution in [0.1, 0.15) is 0 Å². The van der Waals surface area contributed by atoms with Crippen molar-refractivity contribution in [1.29, 1.82) is 0 Å². The molecule has 0 atom stereocenters. The molecule has 0 saturated carbocycles. The molecule has 36 valence electrons. The summed E-state index contributed by atoms with van der Waals surface area (Å²) in [6.07, 6.45) is 0. The van der Waals surface area contributed by atoms with Crippen molar-refractivity contribution in [2.75, 3.05) is 0 Å². The Balaban J connectivity index is 0. The molecule has 0 bridgehead atoms. The molecule has 0 aliphatic heterocycles. The Kier molecular flexibility index (Phi) is 329. The third-order valence-electron chi connectivity index (χ3n) is 0. The van der Waals surface area contributed by atoms with Crippen molar-refractivity contribution in [3.8, 4) is 0 Å². The third kappa shape index (κ3) is 21.3. The van der Waals surface area contributed by atoms with E-state index in [9.17, 15) is 0 Å². The topological polar surface area (TPSA) is 0 Å². The number of halogens is 4. The zero-order chi connectivity index (χ0) is 0. The van der Waals surface area contributed by atoms with E-state index in [1.165, 1.54) is 0 Å². The number of rotatable bonds is 0. The molecule has 0 nitrogen and oxygen atoms in total. The zero-order valence-corrected chi connectivity index (χ0v) is 9.54. The van der Waals surface area contributed by atoms with E-state index in [-0.39, 0.29) is 85.3 Å². The van der Waals surface area contributed by atoms with Crippen LogP contribution in [0.3, 0.4) is 0 Å². The van der Waals surface area contributed by atoms with E-state index in [1.54, 1.807) is 0 Å². The first-order chi connectivity index (χ1) is 0. The van der Waals surface area contributed by atoms with E-state index in [4.69, 9.17) is 0 Å². The summed E-state index contributed by atoms with van der Waals surface area (Å²) in [7, 11) is 0. The maximum absolute atomic E-state index is 0. The van der Waals surface area contributed by atoms with Crippen LogP contribution in [0.5, 0.6) is 0 Å². The van der Waals surface area contributed by atoms with Crippen LogP contribution < -0.4 is 67.9 Å². The van der Waals surface area contributed by atoms with Crippen molar-refractivity contribution in [3.05, 3.63) is 0 Å². The number of hydrogen-bond acceptors (Lipinski definition) is 0. The normalized spacial score (nSPS) is 0. The first-order valence-electron chi connectivity index (χ1n) is 0. The first kappa shape index (κ1) is 51.6. The third-order valence-corrected chi connectivity index (χ3v) is 0. The second-order valence-corrected chi connectivity index (χ2v) is 0. The van der Waals surface area contributed by atoms with E-state index in [0.717, 1.165) is 0 Å². The molecule has 0 aliphatic carbocycles. The Labute approximate surface area is 84.3 Å². The molecule has 0 aromatic rings. The maximum Gasteiger partial charge on any atom is 2.00 e. The van der Waals surface area contributed by atoms with Crippen LogP contribution in [0.2, 0.25) is 0 Å². The second kappa shape index (κ2) is 31.9. The molecule has 0 radical (unpaired) electrons. The Morgan fingerprint density at radius 1 is 0.400 bits per heavy atom. The van der Waals surface area contributed by atoms with Crippen molar-refractivity contribution in [1.82, 2.24) is 0 Å². The predicted octanol–water partition coefficient (Wildman–Crippen LogP) is -12.0. The summed E-state index contributed by atoms with van der Waals surface area (Å²) in [6.45, 7) is 0. The molecule has 0 aromatic heterocycles. The summed E-state index contributed by atoms with van der Waals surface area (Å²) < 4.78 is 0. The van der Waals surface area contributed by atoms with Crippen LogP contribution in [0.15, 0.2) is 0 Å². The van der Waals surface area contributed by atoms with Gasteiger partial charge in [-0.25, -0.2) is 0 Å². The van der Waals surface area contributed by atoms with Gasteiger partial charge in [-0.2, -0.15) is 0 Å². The molecule has 0 fully saturated rings. The molecule has 0 aromatic carbocycles. The van der Waals surface area contributed by atoms with E-state index in [1.807, 2.05) is 0 Å². The predicted molar refractivity (Wildman–Crippen MR) is 0 cm³/mol.